The summed E-state index contributed by atoms with van der Waals surface area (Å²) in [5.74, 6) is 4.78. The standard InChI is InChI=1S/C11H8ClF3O/c12-9-4-5-10(11(13,14)15)8(7-9)3-1-2-6-16/h4-5,7,16H,2,6H2. The van der Waals surface area contributed by atoms with Gasteiger partial charge in [-0.3, -0.25) is 0 Å². The molecule has 0 aromatic heterocycles. The van der Waals surface area contributed by atoms with Gasteiger partial charge in [-0.05, 0) is 18.2 Å². The molecule has 1 aromatic carbocycles. The Hall–Kier alpha value is -1.18. The molecule has 0 bridgehead atoms. The topological polar surface area (TPSA) is 20.2 Å². The van der Waals surface area contributed by atoms with Crippen molar-refractivity contribution < 1.29 is 18.3 Å². The van der Waals surface area contributed by atoms with Gasteiger partial charge in [-0.25, -0.2) is 0 Å². The lowest BCUT2D eigenvalue weighted by atomic mass is 10.1. The highest BCUT2D eigenvalue weighted by molar-refractivity contribution is 6.30. The molecule has 0 aliphatic heterocycles. The van der Waals surface area contributed by atoms with Crippen molar-refractivity contribution in [3.8, 4) is 11.8 Å². The molecule has 0 unspecified atom stereocenters. The quantitative estimate of drug-likeness (QED) is 0.758. The average Bonchev–Trinajstić information content (AvgIpc) is 2.16. The van der Waals surface area contributed by atoms with Crippen molar-refractivity contribution >= 4 is 11.6 Å². The molecule has 0 saturated carbocycles. The maximum atomic E-state index is 12.5. The molecule has 0 radical (unpaired) electrons. The minimum Gasteiger partial charge on any atom is -0.395 e. The van der Waals surface area contributed by atoms with Crippen molar-refractivity contribution in [1.29, 1.82) is 0 Å². The molecule has 1 nitrogen and oxygen atoms in total. The summed E-state index contributed by atoms with van der Waals surface area (Å²) in [6.07, 6.45) is -4.32. The van der Waals surface area contributed by atoms with Crippen LogP contribution in [0.2, 0.25) is 5.02 Å². The lowest BCUT2D eigenvalue weighted by Gasteiger charge is -2.08. The lowest BCUT2D eigenvalue weighted by molar-refractivity contribution is -0.137. The first-order chi connectivity index (χ1) is 7.45. The molecule has 0 aliphatic carbocycles. The Morgan fingerprint density at radius 1 is 1.31 bits per heavy atom. The maximum Gasteiger partial charge on any atom is 0.417 e. The second kappa shape index (κ2) is 5.24. The third-order valence-corrected chi connectivity index (χ3v) is 1.98. The van der Waals surface area contributed by atoms with Crippen LogP contribution in [0.1, 0.15) is 17.5 Å². The molecule has 0 heterocycles. The molecule has 1 rings (SSSR count). The molecule has 0 amide bonds. The molecular weight excluding hydrogens is 241 g/mol. The van der Waals surface area contributed by atoms with Gasteiger partial charge < -0.3 is 5.11 Å². The van der Waals surface area contributed by atoms with E-state index >= 15 is 0 Å². The molecule has 16 heavy (non-hydrogen) atoms. The van der Waals surface area contributed by atoms with Crippen LogP contribution in [0.15, 0.2) is 18.2 Å². The van der Waals surface area contributed by atoms with Gasteiger partial charge in [-0.2, -0.15) is 13.2 Å². The van der Waals surface area contributed by atoms with Crippen LogP contribution in [0.3, 0.4) is 0 Å². The Labute approximate surface area is 95.8 Å². The highest BCUT2D eigenvalue weighted by Gasteiger charge is 2.32. The monoisotopic (exact) mass is 248 g/mol. The summed E-state index contributed by atoms with van der Waals surface area (Å²) in [6.45, 7) is -0.186. The smallest absolute Gasteiger partial charge is 0.395 e. The van der Waals surface area contributed by atoms with Crippen LogP contribution in [0.25, 0.3) is 0 Å². The summed E-state index contributed by atoms with van der Waals surface area (Å²) in [4.78, 5) is 0. The molecular formula is C11H8ClF3O. The SMILES string of the molecule is OCCC#Cc1cc(Cl)ccc1C(F)(F)F. The van der Waals surface area contributed by atoms with E-state index in [2.05, 4.69) is 11.8 Å². The van der Waals surface area contributed by atoms with Crippen molar-refractivity contribution in [3.63, 3.8) is 0 Å². The maximum absolute atomic E-state index is 12.5. The van der Waals surface area contributed by atoms with E-state index in [1.165, 1.54) is 6.07 Å². The highest BCUT2D eigenvalue weighted by Crippen LogP contribution is 2.32. The summed E-state index contributed by atoms with van der Waals surface area (Å²) in [5.41, 5.74) is -0.990. The van der Waals surface area contributed by atoms with Crippen molar-refractivity contribution in [2.45, 2.75) is 12.6 Å². The van der Waals surface area contributed by atoms with Crippen LogP contribution in [0, 0.1) is 11.8 Å². The molecule has 5 heteroatoms. The molecule has 0 fully saturated rings. The van der Waals surface area contributed by atoms with Crippen molar-refractivity contribution in [1.82, 2.24) is 0 Å². The first-order valence-corrected chi connectivity index (χ1v) is 4.79. The van der Waals surface area contributed by atoms with Gasteiger partial charge >= 0.3 is 6.18 Å². The van der Waals surface area contributed by atoms with Crippen molar-refractivity contribution in [2.75, 3.05) is 6.61 Å². The first kappa shape index (κ1) is 12.9. The Morgan fingerprint density at radius 2 is 2.00 bits per heavy atom. The Bertz CT molecular complexity index is 429. The third kappa shape index (κ3) is 3.44. The molecule has 0 aliphatic rings. The molecule has 0 spiro atoms. The summed E-state index contributed by atoms with van der Waals surface area (Å²) in [5, 5.41) is 8.67. The highest BCUT2D eigenvalue weighted by atomic mass is 35.5. The summed E-state index contributed by atoms with van der Waals surface area (Å²) < 4.78 is 37.6. The van der Waals surface area contributed by atoms with E-state index in [0.717, 1.165) is 12.1 Å². The molecule has 1 N–H and O–H groups in total. The van der Waals surface area contributed by atoms with Crippen molar-refractivity contribution in [3.05, 3.63) is 34.3 Å². The zero-order valence-electron chi connectivity index (χ0n) is 8.11. The van der Waals surface area contributed by atoms with Crippen LogP contribution in [-0.4, -0.2) is 11.7 Å². The van der Waals surface area contributed by atoms with E-state index in [1.54, 1.807) is 0 Å². The number of aliphatic hydroxyl groups is 1. The van der Waals surface area contributed by atoms with E-state index in [9.17, 15) is 13.2 Å². The predicted molar refractivity (Wildman–Crippen MR) is 55.0 cm³/mol. The number of alkyl halides is 3. The van der Waals surface area contributed by atoms with Gasteiger partial charge in [0.05, 0.1) is 12.2 Å². The molecule has 1 aromatic rings. The van der Waals surface area contributed by atoms with E-state index in [4.69, 9.17) is 16.7 Å². The van der Waals surface area contributed by atoms with Crippen LogP contribution < -0.4 is 0 Å². The van der Waals surface area contributed by atoms with Crippen LogP contribution >= 0.6 is 11.6 Å². The number of hydrogen-bond acceptors (Lipinski definition) is 1. The van der Waals surface area contributed by atoms with E-state index < -0.39 is 11.7 Å². The van der Waals surface area contributed by atoms with E-state index in [1.807, 2.05) is 0 Å². The third-order valence-electron chi connectivity index (χ3n) is 1.75. The van der Waals surface area contributed by atoms with Crippen LogP contribution in [0.4, 0.5) is 13.2 Å². The Morgan fingerprint density at radius 3 is 2.56 bits per heavy atom. The van der Waals surface area contributed by atoms with Gasteiger partial charge in [-0.15, -0.1) is 0 Å². The Balaban J connectivity index is 3.15. The largest absolute Gasteiger partial charge is 0.417 e. The minimum atomic E-state index is -4.45. The van der Waals surface area contributed by atoms with Crippen molar-refractivity contribution in [2.24, 2.45) is 0 Å². The fraction of sp³-hybridized carbons (Fsp3) is 0.273. The van der Waals surface area contributed by atoms with E-state index in [-0.39, 0.29) is 23.6 Å². The fourth-order valence-electron chi connectivity index (χ4n) is 1.08. The van der Waals surface area contributed by atoms with Gasteiger partial charge in [0.25, 0.3) is 0 Å². The molecule has 0 saturated heterocycles. The second-order valence-electron chi connectivity index (χ2n) is 2.96. The number of rotatable bonds is 1. The lowest BCUT2D eigenvalue weighted by Crippen LogP contribution is -2.07. The van der Waals surface area contributed by atoms with Gasteiger partial charge in [0.1, 0.15) is 0 Å². The van der Waals surface area contributed by atoms with Gasteiger partial charge in [0.15, 0.2) is 0 Å². The summed E-state index contributed by atoms with van der Waals surface area (Å²) in [7, 11) is 0. The first-order valence-electron chi connectivity index (χ1n) is 4.41. The number of hydrogen-bond donors (Lipinski definition) is 1. The average molecular weight is 249 g/mol. The fourth-order valence-corrected chi connectivity index (χ4v) is 1.25. The summed E-state index contributed by atoms with van der Waals surface area (Å²) in [6, 6.07) is 3.22. The van der Waals surface area contributed by atoms with Gasteiger partial charge in [0, 0.05) is 17.0 Å². The zero-order chi connectivity index (χ0) is 12.2. The van der Waals surface area contributed by atoms with Crippen LogP contribution in [-0.2, 0) is 6.18 Å². The number of benzene rings is 1. The zero-order valence-corrected chi connectivity index (χ0v) is 8.86. The van der Waals surface area contributed by atoms with E-state index in [0.29, 0.717) is 0 Å². The molecule has 86 valence electrons. The summed E-state index contributed by atoms with van der Waals surface area (Å²) >= 11 is 5.60. The minimum absolute atomic E-state index is 0.129. The number of aliphatic hydroxyl groups excluding tert-OH is 1. The number of halogens is 4. The second-order valence-corrected chi connectivity index (χ2v) is 3.40. The molecule has 0 atom stereocenters. The normalized spacial score (nSPS) is 10.8. The van der Waals surface area contributed by atoms with Gasteiger partial charge in [-0.1, -0.05) is 23.4 Å². The van der Waals surface area contributed by atoms with Gasteiger partial charge in [0.2, 0.25) is 0 Å². The van der Waals surface area contributed by atoms with Crippen LogP contribution in [0.5, 0.6) is 0 Å². The Kier molecular flexibility index (Phi) is 4.22. The predicted octanol–water partition coefficient (Wildman–Crippen LogP) is 3.09.